The van der Waals surface area contributed by atoms with Crippen molar-refractivity contribution >= 4 is 16.5 Å². The van der Waals surface area contributed by atoms with Gasteiger partial charge in [0.15, 0.2) is 5.13 Å². The Hall–Kier alpha value is -0.570. The quantitative estimate of drug-likeness (QED) is 0.848. The molecule has 1 aromatic heterocycles. The molecule has 16 heavy (non-hydrogen) atoms. The molecule has 0 aromatic carbocycles. The third-order valence-electron chi connectivity index (χ3n) is 3.19. The van der Waals surface area contributed by atoms with E-state index in [1.54, 1.807) is 0 Å². The van der Waals surface area contributed by atoms with E-state index in [9.17, 15) is 0 Å². The Morgan fingerprint density at radius 1 is 1.38 bits per heavy atom. The molecule has 1 N–H and O–H groups in total. The van der Waals surface area contributed by atoms with Crippen molar-refractivity contribution in [1.82, 2.24) is 4.98 Å². The molecule has 0 atom stereocenters. The minimum atomic E-state index is 0.682. The highest BCUT2D eigenvalue weighted by atomic mass is 32.1. The van der Waals surface area contributed by atoms with Crippen molar-refractivity contribution in [2.45, 2.75) is 51.9 Å². The summed E-state index contributed by atoms with van der Waals surface area (Å²) in [4.78, 5) is 5.96. The summed E-state index contributed by atoms with van der Waals surface area (Å²) in [6.45, 7) is 5.48. The number of thiazole rings is 1. The third kappa shape index (κ3) is 3.21. The van der Waals surface area contributed by atoms with E-state index >= 15 is 0 Å². The lowest BCUT2D eigenvalue weighted by Crippen LogP contribution is -2.07. The molecule has 1 aliphatic rings. The Kier molecular flexibility index (Phi) is 4.22. The van der Waals surface area contributed by atoms with Gasteiger partial charge in [-0.2, -0.15) is 0 Å². The number of nitrogens with one attached hydrogen (secondary N) is 1. The molecule has 1 saturated carbocycles. The van der Waals surface area contributed by atoms with E-state index in [1.165, 1.54) is 37.0 Å². The van der Waals surface area contributed by atoms with Crippen LogP contribution in [0, 0.1) is 5.92 Å². The van der Waals surface area contributed by atoms with Gasteiger partial charge in [0.25, 0.3) is 0 Å². The zero-order chi connectivity index (χ0) is 11.4. The van der Waals surface area contributed by atoms with E-state index in [-0.39, 0.29) is 0 Å². The van der Waals surface area contributed by atoms with Crippen molar-refractivity contribution in [2.24, 2.45) is 5.92 Å². The Labute approximate surface area is 102 Å². The predicted molar refractivity (Wildman–Crippen MR) is 71.3 cm³/mol. The smallest absolute Gasteiger partial charge is 0.182 e. The van der Waals surface area contributed by atoms with Crippen molar-refractivity contribution < 1.29 is 0 Å². The first kappa shape index (κ1) is 11.9. The summed E-state index contributed by atoms with van der Waals surface area (Å²) in [6.07, 6.45) is 9.04. The average Bonchev–Trinajstić information content (AvgIpc) is 2.76. The molecule has 1 heterocycles. The lowest BCUT2D eigenvalue weighted by atomic mass is 9.89. The molecule has 2 nitrogen and oxygen atoms in total. The molecule has 0 radical (unpaired) electrons. The van der Waals surface area contributed by atoms with Gasteiger partial charge in [0.1, 0.15) is 0 Å². The van der Waals surface area contributed by atoms with Crippen molar-refractivity contribution in [3.05, 3.63) is 11.1 Å². The van der Waals surface area contributed by atoms with Gasteiger partial charge < -0.3 is 5.32 Å². The van der Waals surface area contributed by atoms with Gasteiger partial charge in [0, 0.05) is 17.6 Å². The molecule has 1 fully saturated rings. The number of hydrogen-bond donors (Lipinski definition) is 1. The largest absolute Gasteiger partial charge is 0.361 e. The highest BCUT2D eigenvalue weighted by Gasteiger charge is 2.17. The molecule has 0 saturated heterocycles. The van der Waals surface area contributed by atoms with Gasteiger partial charge in [-0.05, 0) is 24.7 Å². The second-order valence-corrected chi connectivity index (χ2v) is 6.24. The molecule has 3 heteroatoms. The average molecular weight is 238 g/mol. The van der Waals surface area contributed by atoms with Gasteiger partial charge in [0.05, 0.1) is 0 Å². The maximum Gasteiger partial charge on any atom is 0.182 e. The maximum absolute atomic E-state index is 4.47. The van der Waals surface area contributed by atoms with Gasteiger partial charge in [-0.1, -0.05) is 33.1 Å². The number of nitrogens with zero attached hydrogens (tertiary/aromatic N) is 1. The fourth-order valence-electron chi connectivity index (χ4n) is 2.24. The predicted octanol–water partition coefficient (Wildman–Crippen LogP) is 4.26. The summed E-state index contributed by atoms with van der Waals surface area (Å²) < 4.78 is 0. The second kappa shape index (κ2) is 5.67. The van der Waals surface area contributed by atoms with E-state index in [0.29, 0.717) is 5.92 Å². The summed E-state index contributed by atoms with van der Waals surface area (Å²) in [7, 11) is 0. The number of aromatic nitrogens is 1. The van der Waals surface area contributed by atoms with Gasteiger partial charge in [-0.3, -0.25) is 0 Å². The summed E-state index contributed by atoms with van der Waals surface area (Å²) in [5.74, 6) is 1.47. The molecule has 1 aromatic rings. The van der Waals surface area contributed by atoms with Gasteiger partial charge in [-0.25, -0.2) is 4.98 Å². The summed E-state index contributed by atoms with van der Waals surface area (Å²) in [5.41, 5.74) is 0. The van der Waals surface area contributed by atoms with Gasteiger partial charge >= 0.3 is 0 Å². The fourth-order valence-corrected chi connectivity index (χ4v) is 3.23. The van der Waals surface area contributed by atoms with Crippen molar-refractivity contribution in [1.29, 1.82) is 0 Å². The first-order valence-corrected chi connectivity index (χ1v) is 7.27. The molecular weight excluding hydrogens is 216 g/mol. The standard InChI is InChI=1S/C13H22N2S/c1-10(2)8-14-13-15-9-12(16-13)11-6-4-3-5-7-11/h9-11H,3-8H2,1-2H3,(H,14,15). The van der Waals surface area contributed by atoms with Crippen LogP contribution in [0.3, 0.4) is 0 Å². The minimum Gasteiger partial charge on any atom is -0.361 e. The lowest BCUT2D eigenvalue weighted by Gasteiger charge is -2.19. The van der Waals surface area contributed by atoms with Gasteiger partial charge in [0.2, 0.25) is 0 Å². The Bertz CT molecular complexity index is 313. The highest BCUT2D eigenvalue weighted by molar-refractivity contribution is 7.15. The number of rotatable bonds is 4. The Morgan fingerprint density at radius 3 is 2.81 bits per heavy atom. The number of hydrogen-bond acceptors (Lipinski definition) is 3. The van der Waals surface area contributed by atoms with Crippen LogP contribution in [-0.2, 0) is 0 Å². The van der Waals surface area contributed by atoms with Crippen LogP contribution in [0.2, 0.25) is 0 Å². The molecule has 0 bridgehead atoms. The number of anilines is 1. The molecule has 0 amide bonds. The lowest BCUT2D eigenvalue weighted by molar-refractivity contribution is 0.448. The molecule has 0 aliphatic heterocycles. The Balaban J connectivity index is 1.90. The van der Waals surface area contributed by atoms with Crippen LogP contribution >= 0.6 is 11.3 Å². The zero-order valence-electron chi connectivity index (χ0n) is 10.3. The van der Waals surface area contributed by atoms with Crippen LogP contribution < -0.4 is 5.32 Å². The summed E-state index contributed by atoms with van der Waals surface area (Å²) >= 11 is 1.86. The molecule has 1 aliphatic carbocycles. The first-order valence-electron chi connectivity index (χ1n) is 6.45. The minimum absolute atomic E-state index is 0.682. The summed E-state index contributed by atoms with van der Waals surface area (Å²) in [5, 5.41) is 4.52. The first-order chi connectivity index (χ1) is 7.75. The van der Waals surface area contributed by atoms with E-state index in [2.05, 4.69) is 30.3 Å². The highest BCUT2D eigenvalue weighted by Crippen LogP contribution is 2.36. The third-order valence-corrected chi connectivity index (χ3v) is 4.31. The topological polar surface area (TPSA) is 24.9 Å². The van der Waals surface area contributed by atoms with Crippen LogP contribution in [0.5, 0.6) is 0 Å². The molecule has 0 unspecified atom stereocenters. The fraction of sp³-hybridized carbons (Fsp3) is 0.769. The molecular formula is C13H22N2S. The second-order valence-electron chi connectivity index (χ2n) is 5.18. The van der Waals surface area contributed by atoms with Crippen LogP contribution in [-0.4, -0.2) is 11.5 Å². The van der Waals surface area contributed by atoms with E-state index < -0.39 is 0 Å². The molecule has 2 rings (SSSR count). The maximum atomic E-state index is 4.47. The van der Waals surface area contributed by atoms with Crippen molar-refractivity contribution in [2.75, 3.05) is 11.9 Å². The molecule has 90 valence electrons. The SMILES string of the molecule is CC(C)CNc1ncc(C2CCCCC2)s1. The van der Waals surface area contributed by atoms with Crippen LogP contribution in [0.4, 0.5) is 5.13 Å². The van der Waals surface area contributed by atoms with Crippen LogP contribution in [0.1, 0.15) is 56.7 Å². The monoisotopic (exact) mass is 238 g/mol. The zero-order valence-corrected chi connectivity index (χ0v) is 11.1. The normalized spacial score (nSPS) is 17.9. The van der Waals surface area contributed by atoms with E-state index in [4.69, 9.17) is 0 Å². The van der Waals surface area contributed by atoms with Crippen LogP contribution in [0.15, 0.2) is 6.20 Å². The van der Waals surface area contributed by atoms with Crippen LogP contribution in [0.25, 0.3) is 0 Å². The van der Waals surface area contributed by atoms with Gasteiger partial charge in [-0.15, -0.1) is 11.3 Å². The Morgan fingerprint density at radius 2 is 2.12 bits per heavy atom. The van der Waals surface area contributed by atoms with Crippen molar-refractivity contribution in [3.63, 3.8) is 0 Å². The van der Waals surface area contributed by atoms with E-state index in [1.807, 2.05) is 11.3 Å². The van der Waals surface area contributed by atoms with E-state index in [0.717, 1.165) is 17.6 Å². The summed E-state index contributed by atoms with van der Waals surface area (Å²) in [6, 6.07) is 0. The molecule has 0 spiro atoms. The van der Waals surface area contributed by atoms with Crippen molar-refractivity contribution in [3.8, 4) is 0 Å².